The highest BCUT2D eigenvalue weighted by atomic mass is 35.5. The van der Waals surface area contributed by atoms with E-state index >= 15 is 0 Å². The number of furan rings is 1. The van der Waals surface area contributed by atoms with Crippen molar-refractivity contribution in [3.63, 3.8) is 0 Å². The van der Waals surface area contributed by atoms with Crippen LogP contribution in [0, 0.1) is 6.92 Å². The van der Waals surface area contributed by atoms with Gasteiger partial charge in [0.2, 0.25) is 0 Å². The Bertz CT molecular complexity index is 453. The van der Waals surface area contributed by atoms with Crippen LogP contribution in [0.5, 0.6) is 0 Å². The highest BCUT2D eigenvalue weighted by molar-refractivity contribution is 5.85. The Kier molecular flexibility index (Phi) is 5.96. The summed E-state index contributed by atoms with van der Waals surface area (Å²) in [6, 6.07) is 14.6. The summed E-state index contributed by atoms with van der Waals surface area (Å²) in [5.41, 5.74) is 1.35. The van der Waals surface area contributed by atoms with Crippen LogP contribution in [0.3, 0.4) is 0 Å². The molecule has 0 aliphatic heterocycles. The molecule has 0 N–H and O–H groups in total. The van der Waals surface area contributed by atoms with Gasteiger partial charge < -0.3 is 9.32 Å². The molecule has 18 heavy (non-hydrogen) atoms. The van der Waals surface area contributed by atoms with Crippen LogP contribution in [0.2, 0.25) is 0 Å². The van der Waals surface area contributed by atoms with Gasteiger partial charge in [-0.1, -0.05) is 30.3 Å². The normalized spacial score (nSPS) is 10.4. The van der Waals surface area contributed by atoms with Gasteiger partial charge in [0.05, 0.1) is 0 Å². The van der Waals surface area contributed by atoms with Gasteiger partial charge >= 0.3 is 0 Å². The van der Waals surface area contributed by atoms with Crippen molar-refractivity contribution in [3.05, 3.63) is 59.5 Å². The van der Waals surface area contributed by atoms with E-state index in [2.05, 4.69) is 48.3 Å². The summed E-state index contributed by atoms with van der Waals surface area (Å²) in [5.74, 6) is 2.06. The molecule has 2 rings (SSSR count). The number of likely N-dealkylation sites (N-methyl/N-ethyl adjacent to an activating group) is 1. The smallest absolute Gasteiger partial charge is 0.105 e. The number of aryl methyl sites for hydroxylation is 1. The van der Waals surface area contributed by atoms with Gasteiger partial charge in [-0.2, -0.15) is 0 Å². The monoisotopic (exact) mass is 265 g/mol. The van der Waals surface area contributed by atoms with E-state index in [4.69, 9.17) is 4.42 Å². The Morgan fingerprint density at radius 2 is 1.78 bits per heavy atom. The number of benzene rings is 1. The standard InChI is InChI=1S/C15H19NO.ClH/c1-13-8-9-15(17-13)10-11-16(2)12-14-6-4-3-5-7-14;/h3-9H,10-12H2,1-2H3;1H. The Labute approximate surface area is 115 Å². The second kappa shape index (κ2) is 7.24. The van der Waals surface area contributed by atoms with Gasteiger partial charge in [0.1, 0.15) is 11.5 Å². The quantitative estimate of drug-likeness (QED) is 0.820. The van der Waals surface area contributed by atoms with E-state index in [9.17, 15) is 0 Å². The summed E-state index contributed by atoms with van der Waals surface area (Å²) in [7, 11) is 2.14. The van der Waals surface area contributed by atoms with Crippen molar-refractivity contribution in [2.45, 2.75) is 19.9 Å². The fraction of sp³-hybridized carbons (Fsp3) is 0.333. The molecule has 0 bridgehead atoms. The maximum absolute atomic E-state index is 5.56. The zero-order chi connectivity index (χ0) is 12.1. The lowest BCUT2D eigenvalue weighted by Gasteiger charge is -2.15. The van der Waals surface area contributed by atoms with Crippen LogP contribution >= 0.6 is 12.4 Å². The van der Waals surface area contributed by atoms with Crippen LogP contribution in [0.4, 0.5) is 0 Å². The Morgan fingerprint density at radius 1 is 1.06 bits per heavy atom. The van der Waals surface area contributed by atoms with Gasteiger partial charge in [-0.05, 0) is 31.7 Å². The van der Waals surface area contributed by atoms with E-state index in [0.29, 0.717) is 0 Å². The van der Waals surface area contributed by atoms with Gasteiger partial charge in [-0.3, -0.25) is 0 Å². The van der Waals surface area contributed by atoms with Crippen molar-refractivity contribution in [2.24, 2.45) is 0 Å². The molecule has 0 aliphatic rings. The summed E-state index contributed by atoms with van der Waals surface area (Å²) >= 11 is 0. The third-order valence-electron chi connectivity index (χ3n) is 2.83. The Balaban J connectivity index is 0.00000162. The number of hydrogen-bond donors (Lipinski definition) is 0. The lowest BCUT2D eigenvalue weighted by Crippen LogP contribution is -2.20. The molecule has 0 saturated carbocycles. The van der Waals surface area contributed by atoms with Crippen LogP contribution < -0.4 is 0 Å². The lowest BCUT2D eigenvalue weighted by atomic mass is 10.2. The molecule has 1 heterocycles. The average Bonchev–Trinajstić information content (AvgIpc) is 2.74. The molecule has 2 nitrogen and oxygen atoms in total. The van der Waals surface area contributed by atoms with Crippen molar-refractivity contribution in [1.29, 1.82) is 0 Å². The summed E-state index contributed by atoms with van der Waals surface area (Å²) in [6.45, 7) is 3.99. The number of halogens is 1. The first kappa shape index (κ1) is 14.8. The zero-order valence-corrected chi connectivity index (χ0v) is 11.7. The van der Waals surface area contributed by atoms with Crippen LogP contribution in [-0.4, -0.2) is 18.5 Å². The molecule has 0 saturated heterocycles. The molecule has 2 aromatic rings. The fourth-order valence-electron chi connectivity index (χ4n) is 1.89. The van der Waals surface area contributed by atoms with Crippen molar-refractivity contribution >= 4 is 12.4 Å². The minimum atomic E-state index is 0. The summed E-state index contributed by atoms with van der Waals surface area (Å²) < 4.78 is 5.56. The Morgan fingerprint density at radius 3 is 2.39 bits per heavy atom. The molecular weight excluding hydrogens is 246 g/mol. The number of nitrogens with zero attached hydrogens (tertiary/aromatic N) is 1. The third-order valence-corrected chi connectivity index (χ3v) is 2.83. The van der Waals surface area contributed by atoms with Gasteiger partial charge in [-0.15, -0.1) is 12.4 Å². The predicted octanol–water partition coefficient (Wildman–Crippen LogP) is 3.68. The van der Waals surface area contributed by atoms with Crippen molar-refractivity contribution in [1.82, 2.24) is 4.90 Å². The molecule has 0 atom stereocenters. The van der Waals surface area contributed by atoms with Crippen LogP contribution in [0.25, 0.3) is 0 Å². The largest absolute Gasteiger partial charge is 0.466 e. The number of rotatable bonds is 5. The molecule has 0 spiro atoms. The van der Waals surface area contributed by atoms with Crippen LogP contribution in [0.15, 0.2) is 46.9 Å². The molecule has 1 aromatic carbocycles. The topological polar surface area (TPSA) is 16.4 Å². The predicted molar refractivity (Wildman–Crippen MR) is 77.2 cm³/mol. The van der Waals surface area contributed by atoms with Gasteiger partial charge in [0.25, 0.3) is 0 Å². The minimum Gasteiger partial charge on any atom is -0.466 e. The van der Waals surface area contributed by atoms with Gasteiger partial charge in [0.15, 0.2) is 0 Å². The minimum absolute atomic E-state index is 0. The molecule has 1 aromatic heterocycles. The van der Waals surface area contributed by atoms with Crippen molar-refractivity contribution in [3.8, 4) is 0 Å². The molecule has 0 fully saturated rings. The van der Waals surface area contributed by atoms with Gasteiger partial charge in [0, 0.05) is 19.5 Å². The summed E-state index contributed by atoms with van der Waals surface area (Å²) in [6.07, 6.45) is 0.969. The molecule has 98 valence electrons. The third kappa shape index (κ3) is 4.55. The second-order valence-corrected chi connectivity index (χ2v) is 4.49. The van der Waals surface area contributed by atoms with Gasteiger partial charge in [-0.25, -0.2) is 0 Å². The SMILES string of the molecule is Cc1ccc(CCN(C)Cc2ccccc2)o1.Cl. The summed E-state index contributed by atoms with van der Waals surface area (Å²) in [5, 5.41) is 0. The molecule has 0 aliphatic carbocycles. The van der Waals surface area contributed by atoms with E-state index in [1.807, 2.05) is 13.0 Å². The second-order valence-electron chi connectivity index (χ2n) is 4.49. The first-order chi connectivity index (χ1) is 8.24. The molecule has 0 radical (unpaired) electrons. The highest BCUT2D eigenvalue weighted by Crippen LogP contribution is 2.08. The van der Waals surface area contributed by atoms with E-state index in [1.54, 1.807) is 0 Å². The summed E-state index contributed by atoms with van der Waals surface area (Å²) in [4.78, 5) is 2.31. The lowest BCUT2D eigenvalue weighted by molar-refractivity contribution is 0.319. The van der Waals surface area contributed by atoms with E-state index < -0.39 is 0 Å². The first-order valence-corrected chi connectivity index (χ1v) is 6.02. The van der Waals surface area contributed by atoms with E-state index in [-0.39, 0.29) is 12.4 Å². The van der Waals surface area contributed by atoms with E-state index in [0.717, 1.165) is 31.0 Å². The zero-order valence-electron chi connectivity index (χ0n) is 10.9. The molecule has 3 heteroatoms. The highest BCUT2D eigenvalue weighted by Gasteiger charge is 2.03. The average molecular weight is 266 g/mol. The van der Waals surface area contributed by atoms with E-state index in [1.165, 1.54) is 5.56 Å². The van der Waals surface area contributed by atoms with Crippen LogP contribution in [-0.2, 0) is 13.0 Å². The fourth-order valence-corrected chi connectivity index (χ4v) is 1.89. The number of hydrogen-bond acceptors (Lipinski definition) is 2. The molecule has 0 unspecified atom stereocenters. The van der Waals surface area contributed by atoms with Crippen LogP contribution in [0.1, 0.15) is 17.1 Å². The van der Waals surface area contributed by atoms with Crippen molar-refractivity contribution < 1.29 is 4.42 Å². The maximum atomic E-state index is 5.56. The maximum Gasteiger partial charge on any atom is 0.105 e. The molecular formula is C15H20ClNO. The Hall–Kier alpha value is -1.25. The molecule has 0 amide bonds. The first-order valence-electron chi connectivity index (χ1n) is 6.02. The van der Waals surface area contributed by atoms with Crippen molar-refractivity contribution in [2.75, 3.05) is 13.6 Å².